The van der Waals surface area contributed by atoms with E-state index < -0.39 is 0 Å². The van der Waals surface area contributed by atoms with Crippen molar-refractivity contribution in [1.82, 2.24) is 0 Å². The summed E-state index contributed by atoms with van der Waals surface area (Å²) >= 11 is 1.72. The third kappa shape index (κ3) is 4.88. The van der Waals surface area contributed by atoms with E-state index in [1.165, 1.54) is 16.7 Å². The van der Waals surface area contributed by atoms with Crippen LogP contribution in [-0.2, 0) is 0 Å². The Hall–Kier alpha value is -1.71. The number of rotatable bonds is 7. The molecule has 0 aliphatic heterocycles. The lowest BCUT2D eigenvalue weighted by atomic mass is 10.0. The van der Waals surface area contributed by atoms with Gasteiger partial charge in [-0.15, -0.1) is 11.8 Å². The molecule has 0 amide bonds. The fraction of sp³-hybridized carbons (Fsp3) is 0.300. The van der Waals surface area contributed by atoms with Gasteiger partial charge in [0, 0.05) is 11.3 Å². The van der Waals surface area contributed by atoms with E-state index in [9.17, 15) is 5.11 Å². The van der Waals surface area contributed by atoms with Crippen molar-refractivity contribution in [3.05, 3.63) is 70.8 Å². The van der Waals surface area contributed by atoms with Crippen molar-refractivity contribution in [3.8, 4) is 5.75 Å². The molecule has 0 aliphatic carbocycles. The van der Waals surface area contributed by atoms with Crippen LogP contribution in [0, 0.1) is 13.8 Å². The Kier molecular flexibility index (Phi) is 6.75. The first-order valence-corrected chi connectivity index (χ1v) is 8.81. The molecule has 1 unspecified atom stereocenters. The van der Waals surface area contributed by atoms with Crippen molar-refractivity contribution < 1.29 is 9.84 Å². The zero-order valence-electron chi connectivity index (χ0n) is 14.0. The van der Waals surface area contributed by atoms with E-state index in [-0.39, 0.29) is 11.9 Å². The van der Waals surface area contributed by atoms with Crippen LogP contribution in [0.1, 0.15) is 27.5 Å². The monoisotopic (exact) mass is 328 g/mol. The maximum atomic E-state index is 9.20. The summed E-state index contributed by atoms with van der Waals surface area (Å²) < 4.78 is 5.58. The standard InChI is InChI=1S/C20H24O2S/c1-15-13-18(19(22-3)14-16(15)2)20(23-12-11-21)10-9-17-7-5-4-6-8-17/h4-10,13-14,20-21H,11-12H2,1-3H3/b10-9+. The molecule has 0 fully saturated rings. The summed E-state index contributed by atoms with van der Waals surface area (Å²) in [5.74, 6) is 1.60. The minimum Gasteiger partial charge on any atom is -0.496 e. The highest BCUT2D eigenvalue weighted by Crippen LogP contribution is 2.38. The van der Waals surface area contributed by atoms with Crippen molar-refractivity contribution in [2.45, 2.75) is 19.1 Å². The van der Waals surface area contributed by atoms with Crippen LogP contribution in [0.4, 0.5) is 0 Å². The predicted molar refractivity (Wildman–Crippen MR) is 100 cm³/mol. The van der Waals surface area contributed by atoms with Gasteiger partial charge in [-0.1, -0.05) is 48.6 Å². The SMILES string of the molecule is COc1cc(C)c(C)cc1C(/C=C/c1ccccc1)SCCO. The number of hydrogen-bond donors (Lipinski definition) is 1. The minimum absolute atomic E-state index is 0.150. The molecule has 2 nitrogen and oxygen atoms in total. The Balaban J connectivity index is 2.34. The molecule has 0 spiro atoms. The first-order valence-electron chi connectivity index (χ1n) is 7.76. The van der Waals surface area contributed by atoms with Gasteiger partial charge in [0.2, 0.25) is 0 Å². The molecule has 122 valence electrons. The van der Waals surface area contributed by atoms with Crippen molar-refractivity contribution in [3.63, 3.8) is 0 Å². The lowest BCUT2D eigenvalue weighted by Gasteiger charge is -2.18. The second-order valence-electron chi connectivity index (χ2n) is 5.46. The maximum Gasteiger partial charge on any atom is 0.123 e. The molecular formula is C20H24O2S. The van der Waals surface area contributed by atoms with Crippen LogP contribution in [-0.4, -0.2) is 24.6 Å². The van der Waals surface area contributed by atoms with Crippen LogP contribution in [0.25, 0.3) is 6.08 Å². The third-order valence-electron chi connectivity index (χ3n) is 3.80. The van der Waals surface area contributed by atoms with Gasteiger partial charge in [0.25, 0.3) is 0 Å². The molecule has 0 aromatic heterocycles. The average molecular weight is 328 g/mol. The quantitative estimate of drug-likeness (QED) is 0.792. The molecule has 0 aliphatic rings. The molecule has 0 saturated heterocycles. The van der Waals surface area contributed by atoms with Gasteiger partial charge < -0.3 is 9.84 Å². The molecule has 1 N–H and O–H groups in total. The van der Waals surface area contributed by atoms with Crippen LogP contribution >= 0.6 is 11.8 Å². The minimum atomic E-state index is 0.150. The molecule has 0 saturated carbocycles. The topological polar surface area (TPSA) is 29.5 Å². The van der Waals surface area contributed by atoms with Crippen LogP contribution in [0.2, 0.25) is 0 Å². The molecule has 2 aromatic rings. The van der Waals surface area contributed by atoms with Crippen molar-refractivity contribution >= 4 is 17.8 Å². The summed E-state index contributed by atoms with van der Waals surface area (Å²) in [5.41, 5.74) is 4.80. The second kappa shape index (κ2) is 8.80. The zero-order valence-corrected chi connectivity index (χ0v) is 14.8. The number of ether oxygens (including phenoxy) is 1. The summed E-state index contributed by atoms with van der Waals surface area (Å²) in [6.45, 7) is 4.39. The largest absolute Gasteiger partial charge is 0.496 e. The highest BCUT2D eigenvalue weighted by molar-refractivity contribution is 7.99. The van der Waals surface area contributed by atoms with Crippen molar-refractivity contribution in [1.29, 1.82) is 0 Å². The fourth-order valence-corrected chi connectivity index (χ4v) is 3.32. The highest BCUT2D eigenvalue weighted by Gasteiger charge is 2.15. The van der Waals surface area contributed by atoms with Gasteiger partial charge in [0.05, 0.1) is 19.0 Å². The van der Waals surface area contributed by atoms with Gasteiger partial charge in [0.15, 0.2) is 0 Å². The number of aryl methyl sites for hydroxylation is 2. The first-order chi connectivity index (χ1) is 11.2. The van der Waals surface area contributed by atoms with Crippen molar-refractivity contribution in [2.24, 2.45) is 0 Å². The van der Waals surface area contributed by atoms with E-state index in [4.69, 9.17) is 4.74 Å². The summed E-state index contributed by atoms with van der Waals surface area (Å²) in [6.07, 6.45) is 4.31. The fourth-order valence-electron chi connectivity index (χ4n) is 2.40. The Morgan fingerprint density at radius 3 is 2.48 bits per heavy atom. The Bertz CT molecular complexity index is 650. The van der Waals surface area contributed by atoms with Gasteiger partial charge in [-0.3, -0.25) is 0 Å². The molecule has 2 rings (SSSR count). The number of methoxy groups -OCH3 is 1. The molecule has 0 radical (unpaired) electrons. The van der Waals surface area contributed by atoms with E-state index in [2.05, 4.69) is 50.3 Å². The number of thioether (sulfide) groups is 1. The lowest BCUT2D eigenvalue weighted by Crippen LogP contribution is -2.00. The Labute approximate surface area is 143 Å². The number of benzene rings is 2. The zero-order chi connectivity index (χ0) is 16.7. The van der Waals surface area contributed by atoms with Crippen LogP contribution in [0.3, 0.4) is 0 Å². The highest BCUT2D eigenvalue weighted by atomic mass is 32.2. The molecule has 0 bridgehead atoms. The summed E-state index contributed by atoms with van der Waals surface area (Å²) in [4.78, 5) is 0. The molecule has 23 heavy (non-hydrogen) atoms. The summed E-state index contributed by atoms with van der Waals surface area (Å²) in [7, 11) is 1.71. The molecular weight excluding hydrogens is 304 g/mol. The number of aliphatic hydroxyl groups is 1. The third-order valence-corrected chi connectivity index (χ3v) is 4.99. The van der Waals surface area contributed by atoms with E-state index in [1.54, 1.807) is 18.9 Å². The van der Waals surface area contributed by atoms with Gasteiger partial charge in [0.1, 0.15) is 5.75 Å². The van der Waals surface area contributed by atoms with E-state index in [1.807, 2.05) is 18.2 Å². The van der Waals surface area contributed by atoms with Crippen molar-refractivity contribution in [2.75, 3.05) is 19.5 Å². The van der Waals surface area contributed by atoms with Crippen LogP contribution in [0.15, 0.2) is 48.5 Å². The number of hydrogen-bond acceptors (Lipinski definition) is 3. The van der Waals surface area contributed by atoms with E-state index in [0.717, 1.165) is 11.3 Å². The molecule has 1 atom stereocenters. The number of aliphatic hydroxyl groups excluding tert-OH is 1. The van der Waals surface area contributed by atoms with E-state index >= 15 is 0 Å². The first kappa shape index (κ1) is 17.6. The maximum absolute atomic E-state index is 9.20. The Morgan fingerprint density at radius 2 is 1.83 bits per heavy atom. The van der Waals surface area contributed by atoms with Gasteiger partial charge in [-0.25, -0.2) is 0 Å². The lowest BCUT2D eigenvalue weighted by molar-refractivity contribution is 0.322. The van der Waals surface area contributed by atoms with E-state index in [0.29, 0.717) is 5.75 Å². The normalized spacial score (nSPS) is 12.5. The predicted octanol–water partition coefficient (Wildman–Crippen LogP) is 4.79. The van der Waals surface area contributed by atoms with Gasteiger partial charge in [-0.05, 0) is 36.6 Å². The van der Waals surface area contributed by atoms with Gasteiger partial charge in [-0.2, -0.15) is 0 Å². The molecule has 0 heterocycles. The van der Waals surface area contributed by atoms with Crippen LogP contribution < -0.4 is 4.74 Å². The second-order valence-corrected chi connectivity index (χ2v) is 6.71. The summed E-state index contributed by atoms with van der Waals surface area (Å²) in [5, 5.41) is 9.35. The smallest absolute Gasteiger partial charge is 0.123 e. The summed E-state index contributed by atoms with van der Waals surface area (Å²) in [6, 6.07) is 14.5. The molecule has 2 aromatic carbocycles. The Morgan fingerprint density at radius 1 is 1.13 bits per heavy atom. The molecule has 3 heteroatoms. The average Bonchev–Trinajstić information content (AvgIpc) is 2.58. The van der Waals surface area contributed by atoms with Gasteiger partial charge >= 0.3 is 0 Å². The van der Waals surface area contributed by atoms with Crippen LogP contribution in [0.5, 0.6) is 5.75 Å².